The van der Waals surface area contributed by atoms with Crippen LogP contribution in [0.4, 0.5) is 5.69 Å². The van der Waals surface area contributed by atoms with E-state index in [0.717, 1.165) is 101 Å². The van der Waals surface area contributed by atoms with Crippen LogP contribution in [0.3, 0.4) is 0 Å². The van der Waals surface area contributed by atoms with Crippen LogP contribution in [0.25, 0.3) is 11.0 Å². The normalized spacial score (nSPS) is 13.8. The Kier molecular flexibility index (Phi) is 12.0. The lowest BCUT2D eigenvalue weighted by Gasteiger charge is -2.37. The topological polar surface area (TPSA) is 99.8 Å². The predicted molar refractivity (Wildman–Crippen MR) is 245 cm³/mol. The standard InChI is InChI=1S/C53H53N7O2/c1-3-4-30-48-55-49-38(2)35-45(54-52(61)41-22-12-6-13-23-41)36-47(49)59(48)37-39-31-33-46(34-32-39)62-50(40-20-10-5-11-21-40)51-56-57-58-60(51)53(42-24-14-7-15-25-42,43-26-16-8-17-27-43)44-28-18-9-19-29-44/h5,7-11,14-21,24-29,31-36,41,50H,3-4,6,12-13,22-23,30,37H2,1-2H3,(H,54,61). The molecule has 1 atom stereocenters. The number of carbonyl (C=O) groups is 1. The molecular weight excluding hydrogens is 767 g/mol. The average Bonchev–Trinajstić information content (AvgIpc) is 3.95. The van der Waals surface area contributed by atoms with Gasteiger partial charge in [0.2, 0.25) is 5.91 Å². The van der Waals surface area contributed by atoms with Crippen LogP contribution >= 0.6 is 0 Å². The molecule has 9 nitrogen and oxygen atoms in total. The fourth-order valence-corrected chi connectivity index (χ4v) is 9.22. The van der Waals surface area contributed by atoms with E-state index in [1.54, 1.807) is 0 Å². The van der Waals surface area contributed by atoms with E-state index in [1.807, 2.05) is 53.2 Å². The first-order chi connectivity index (χ1) is 30.5. The molecule has 2 aromatic heterocycles. The van der Waals surface area contributed by atoms with Crippen molar-refractivity contribution in [1.82, 2.24) is 29.8 Å². The Labute approximate surface area is 363 Å². The zero-order valence-electron chi connectivity index (χ0n) is 35.5. The Morgan fingerprint density at radius 3 is 1.97 bits per heavy atom. The molecule has 62 heavy (non-hydrogen) atoms. The maximum absolute atomic E-state index is 13.3. The van der Waals surface area contributed by atoms with Crippen molar-refractivity contribution >= 4 is 22.6 Å². The van der Waals surface area contributed by atoms with Crippen molar-refractivity contribution in [2.45, 2.75) is 83.4 Å². The smallest absolute Gasteiger partial charge is 0.227 e. The van der Waals surface area contributed by atoms with Crippen LogP contribution in [0.5, 0.6) is 5.75 Å². The summed E-state index contributed by atoms with van der Waals surface area (Å²) >= 11 is 0. The molecule has 1 aliphatic carbocycles. The number of nitrogens with zero attached hydrogens (tertiary/aromatic N) is 6. The highest BCUT2D eigenvalue weighted by Gasteiger charge is 2.43. The van der Waals surface area contributed by atoms with E-state index in [-0.39, 0.29) is 11.8 Å². The molecule has 0 bridgehead atoms. The van der Waals surface area contributed by atoms with Gasteiger partial charge >= 0.3 is 0 Å². The molecule has 9 heteroatoms. The van der Waals surface area contributed by atoms with Crippen LogP contribution in [0.15, 0.2) is 158 Å². The minimum Gasteiger partial charge on any atom is -0.478 e. The Bertz CT molecular complexity index is 2610. The van der Waals surface area contributed by atoms with E-state index in [2.05, 4.69) is 138 Å². The maximum Gasteiger partial charge on any atom is 0.227 e. The van der Waals surface area contributed by atoms with Crippen LogP contribution < -0.4 is 10.1 Å². The molecule has 1 aliphatic rings. The second kappa shape index (κ2) is 18.4. The summed E-state index contributed by atoms with van der Waals surface area (Å²) in [5, 5.41) is 17.2. The first-order valence-electron chi connectivity index (χ1n) is 22.1. The van der Waals surface area contributed by atoms with Crippen molar-refractivity contribution in [3.05, 3.63) is 203 Å². The Hall–Kier alpha value is -6.87. The molecule has 6 aromatic carbocycles. The van der Waals surface area contributed by atoms with Gasteiger partial charge in [0.25, 0.3) is 0 Å². The molecule has 0 spiro atoms. The number of anilines is 1. The first kappa shape index (κ1) is 40.5. The van der Waals surface area contributed by atoms with Gasteiger partial charge < -0.3 is 14.6 Å². The minimum absolute atomic E-state index is 0.0822. The van der Waals surface area contributed by atoms with Gasteiger partial charge in [-0.15, -0.1) is 5.10 Å². The summed E-state index contributed by atoms with van der Waals surface area (Å²) < 4.78 is 11.3. The predicted octanol–water partition coefficient (Wildman–Crippen LogP) is 11.2. The van der Waals surface area contributed by atoms with Crippen molar-refractivity contribution < 1.29 is 9.53 Å². The van der Waals surface area contributed by atoms with E-state index in [0.29, 0.717) is 18.1 Å². The summed E-state index contributed by atoms with van der Waals surface area (Å²) in [7, 11) is 0. The molecule has 312 valence electrons. The number of unbranched alkanes of at least 4 members (excludes halogenated alkanes) is 1. The van der Waals surface area contributed by atoms with Gasteiger partial charge in [0, 0.05) is 30.1 Å². The number of tetrazole rings is 1. The number of aryl methyl sites for hydroxylation is 2. The summed E-state index contributed by atoms with van der Waals surface area (Å²) in [5.41, 5.74) is 8.06. The number of aromatic nitrogens is 6. The maximum atomic E-state index is 13.3. The summed E-state index contributed by atoms with van der Waals surface area (Å²) in [6.07, 6.45) is 7.72. The van der Waals surface area contributed by atoms with Gasteiger partial charge in [-0.3, -0.25) is 4.79 Å². The molecule has 2 heterocycles. The fourth-order valence-electron chi connectivity index (χ4n) is 9.22. The number of carbonyl (C=O) groups excluding carboxylic acids is 1. The number of imidazole rings is 1. The lowest BCUT2D eigenvalue weighted by Crippen LogP contribution is -2.40. The van der Waals surface area contributed by atoms with Crippen molar-refractivity contribution in [2.24, 2.45) is 5.92 Å². The number of rotatable bonds is 15. The van der Waals surface area contributed by atoms with Gasteiger partial charge in [-0.05, 0) is 88.7 Å². The van der Waals surface area contributed by atoms with E-state index in [4.69, 9.17) is 20.0 Å². The van der Waals surface area contributed by atoms with E-state index in [1.165, 1.54) is 6.42 Å². The van der Waals surface area contributed by atoms with Crippen molar-refractivity contribution in [3.8, 4) is 5.75 Å². The van der Waals surface area contributed by atoms with Gasteiger partial charge in [-0.1, -0.05) is 166 Å². The van der Waals surface area contributed by atoms with Crippen molar-refractivity contribution in [2.75, 3.05) is 5.32 Å². The van der Waals surface area contributed by atoms with E-state index in [9.17, 15) is 4.79 Å². The number of benzene rings is 6. The molecule has 8 aromatic rings. The Balaban J connectivity index is 1.07. The highest BCUT2D eigenvalue weighted by Crippen LogP contribution is 2.42. The first-order valence-corrected chi connectivity index (χ1v) is 22.1. The number of ether oxygens (including phenoxy) is 1. The highest BCUT2D eigenvalue weighted by molar-refractivity contribution is 5.95. The molecular formula is C53H53N7O2. The van der Waals surface area contributed by atoms with Gasteiger partial charge in [0.15, 0.2) is 11.9 Å². The second-order valence-electron chi connectivity index (χ2n) is 16.5. The van der Waals surface area contributed by atoms with Crippen molar-refractivity contribution in [3.63, 3.8) is 0 Å². The van der Waals surface area contributed by atoms with Crippen LogP contribution in [-0.2, 0) is 23.3 Å². The molecule has 1 fully saturated rings. The third-order valence-electron chi connectivity index (χ3n) is 12.4. The molecule has 0 radical (unpaired) electrons. The average molecular weight is 820 g/mol. The minimum atomic E-state index is -0.928. The van der Waals surface area contributed by atoms with Crippen LogP contribution in [0.2, 0.25) is 0 Å². The summed E-state index contributed by atoms with van der Waals surface area (Å²) in [6.45, 7) is 4.93. The quantitative estimate of drug-likeness (QED) is 0.103. The molecule has 0 aliphatic heterocycles. The van der Waals surface area contributed by atoms with Gasteiger partial charge in [-0.2, -0.15) is 0 Å². The molecule has 9 rings (SSSR count). The second-order valence-corrected chi connectivity index (χ2v) is 16.5. The lowest BCUT2D eigenvalue weighted by molar-refractivity contribution is -0.120. The van der Waals surface area contributed by atoms with Crippen molar-refractivity contribution in [1.29, 1.82) is 0 Å². The van der Waals surface area contributed by atoms with Gasteiger partial charge in [0.05, 0.1) is 11.0 Å². The summed E-state index contributed by atoms with van der Waals surface area (Å²) in [6, 6.07) is 53.9. The summed E-state index contributed by atoms with van der Waals surface area (Å²) in [4.78, 5) is 18.5. The monoisotopic (exact) mass is 819 g/mol. The number of fused-ring (bicyclic) bond motifs is 1. The third kappa shape index (κ3) is 8.15. The fraction of sp³-hybridized carbons (Fsp3) is 0.264. The zero-order chi connectivity index (χ0) is 42.3. The Morgan fingerprint density at radius 1 is 0.774 bits per heavy atom. The number of nitrogens with one attached hydrogen (secondary N) is 1. The lowest BCUT2D eigenvalue weighted by atomic mass is 9.77. The summed E-state index contributed by atoms with van der Waals surface area (Å²) in [5.74, 6) is 2.51. The number of hydrogen-bond acceptors (Lipinski definition) is 6. The SMILES string of the molecule is CCCCc1nc2c(C)cc(NC(=O)C3CCCCC3)cc2n1Cc1ccc(OC(c2ccccc2)c2nnnn2C(c2ccccc2)(c2ccccc2)c2ccccc2)cc1. The van der Waals surface area contributed by atoms with Gasteiger partial charge in [-0.25, -0.2) is 9.67 Å². The molecule has 1 saturated carbocycles. The third-order valence-corrected chi connectivity index (χ3v) is 12.4. The molecule has 1 N–H and O–H groups in total. The number of amides is 1. The largest absolute Gasteiger partial charge is 0.478 e. The van der Waals surface area contributed by atoms with Crippen LogP contribution in [-0.4, -0.2) is 35.7 Å². The molecule has 0 saturated heterocycles. The molecule has 1 unspecified atom stereocenters. The van der Waals surface area contributed by atoms with Crippen LogP contribution in [0.1, 0.15) is 103 Å². The number of hydrogen-bond donors (Lipinski definition) is 1. The van der Waals surface area contributed by atoms with Gasteiger partial charge in [0.1, 0.15) is 17.1 Å². The zero-order valence-corrected chi connectivity index (χ0v) is 35.5. The van der Waals surface area contributed by atoms with E-state index < -0.39 is 11.6 Å². The Morgan fingerprint density at radius 2 is 1.37 bits per heavy atom. The van der Waals surface area contributed by atoms with E-state index >= 15 is 0 Å². The molecule has 1 amide bonds. The highest BCUT2D eigenvalue weighted by atomic mass is 16.5. The van der Waals surface area contributed by atoms with Crippen LogP contribution in [0, 0.1) is 12.8 Å².